The monoisotopic (exact) mass is 481 g/mol. The van der Waals surface area contributed by atoms with E-state index in [-0.39, 0.29) is 28.8 Å². The highest BCUT2D eigenvalue weighted by Crippen LogP contribution is 2.33. The van der Waals surface area contributed by atoms with Gasteiger partial charge in [-0.1, -0.05) is 6.08 Å². The molecule has 1 aliphatic rings. The van der Waals surface area contributed by atoms with E-state index in [9.17, 15) is 4.39 Å². The summed E-state index contributed by atoms with van der Waals surface area (Å²) in [5.41, 5.74) is 1.54. The zero-order chi connectivity index (χ0) is 24.5. The average Bonchev–Trinajstić information content (AvgIpc) is 3.57. The molecule has 1 fully saturated rings. The number of benzene rings is 1. The number of methoxy groups -OCH3 is 1. The molecule has 3 N–H and O–H groups in total. The molecule has 0 bridgehead atoms. The number of hydrogen-bond donors (Lipinski definition) is 3. The van der Waals surface area contributed by atoms with Crippen LogP contribution in [-0.4, -0.2) is 51.5 Å². The Morgan fingerprint density at radius 1 is 1.17 bits per heavy atom. The number of hydrogen-bond acceptors (Lipinski definition) is 7. The maximum Gasteiger partial charge on any atom is 0.326 e. The van der Waals surface area contributed by atoms with Crippen molar-refractivity contribution in [2.45, 2.75) is 26.4 Å². The zero-order valence-corrected chi connectivity index (χ0v) is 19.5. The Labute approximate surface area is 200 Å². The molecule has 9 nitrogen and oxygen atoms in total. The third kappa shape index (κ3) is 4.67. The van der Waals surface area contributed by atoms with Gasteiger partial charge in [0.15, 0.2) is 23.2 Å². The quantitative estimate of drug-likeness (QED) is 0.339. The minimum Gasteiger partial charge on any atom is -0.421 e. The van der Waals surface area contributed by atoms with Crippen LogP contribution in [0.25, 0.3) is 17.0 Å². The lowest BCUT2D eigenvalue weighted by Gasteiger charge is -2.19. The molecule has 0 amide bonds. The first-order chi connectivity index (χ1) is 16.9. The summed E-state index contributed by atoms with van der Waals surface area (Å²) >= 11 is 0. The number of aromatic amines is 2. The molecule has 5 rings (SSSR count). The first-order valence-corrected chi connectivity index (χ1v) is 11.2. The minimum atomic E-state index is -0.696. The van der Waals surface area contributed by atoms with E-state index in [1.807, 2.05) is 30.0 Å². The second-order valence-electron chi connectivity index (χ2n) is 8.33. The topological polar surface area (TPSA) is 104 Å². The molecule has 1 unspecified atom stereocenters. The second-order valence-corrected chi connectivity index (χ2v) is 8.33. The van der Waals surface area contributed by atoms with Crippen LogP contribution in [0.2, 0.25) is 0 Å². The molecule has 182 valence electrons. The predicted octanol–water partition coefficient (Wildman–Crippen LogP) is 5.06. The van der Waals surface area contributed by atoms with Crippen LogP contribution in [0, 0.1) is 18.6 Å². The Kier molecular flexibility index (Phi) is 6.08. The van der Waals surface area contributed by atoms with Crippen molar-refractivity contribution in [2.75, 3.05) is 30.4 Å². The number of nitrogens with zero attached hydrogens (tertiary/aromatic N) is 4. The Bertz CT molecular complexity index is 1400. The van der Waals surface area contributed by atoms with Gasteiger partial charge in [0.2, 0.25) is 0 Å². The molecule has 1 aromatic carbocycles. The largest absolute Gasteiger partial charge is 0.421 e. The number of allylic oxidation sites excluding steroid dienone is 1. The van der Waals surface area contributed by atoms with Crippen molar-refractivity contribution >= 4 is 34.4 Å². The van der Waals surface area contributed by atoms with E-state index in [1.54, 1.807) is 20.1 Å². The van der Waals surface area contributed by atoms with E-state index in [2.05, 4.69) is 30.5 Å². The third-order valence-electron chi connectivity index (χ3n) is 5.80. The highest BCUT2D eigenvalue weighted by molar-refractivity contribution is 5.83. The van der Waals surface area contributed by atoms with Gasteiger partial charge in [-0.25, -0.2) is 8.78 Å². The molecule has 3 aromatic heterocycles. The fraction of sp³-hybridized carbons (Fsp3) is 0.292. The maximum atomic E-state index is 15.1. The van der Waals surface area contributed by atoms with E-state index in [1.165, 1.54) is 6.07 Å². The van der Waals surface area contributed by atoms with Crippen LogP contribution >= 0.6 is 0 Å². The van der Waals surface area contributed by atoms with Crippen LogP contribution < -0.4 is 15.0 Å². The normalized spacial score (nSPS) is 16.0. The fourth-order valence-corrected chi connectivity index (χ4v) is 4.12. The minimum absolute atomic E-state index is 0.0752. The predicted molar refractivity (Wildman–Crippen MR) is 129 cm³/mol. The third-order valence-corrected chi connectivity index (χ3v) is 5.80. The van der Waals surface area contributed by atoms with Crippen molar-refractivity contribution in [1.82, 2.24) is 25.1 Å². The zero-order valence-electron chi connectivity index (χ0n) is 19.5. The van der Waals surface area contributed by atoms with Crippen LogP contribution in [-0.2, 0) is 4.74 Å². The Morgan fingerprint density at radius 2 is 2.03 bits per heavy atom. The van der Waals surface area contributed by atoms with Crippen LogP contribution in [0.5, 0.6) is 11.8 Å². The number of fused-ring (bicyclic) bond motifs is 1. The van der Waals surface area contributed by atoms with E-state index in [0.717, 1.165) is 24.7 Å². The summed E-state index contributed by atoms with van der Waals surface area (Å²) in [5.74, 6) is -0.132. The van der Waals surface area contributed by atoms with Gasteiger partial charge >= 0.3 is 6.01 Å². The lowest BCUT2D eigenvalue weighted by molar-refractivity contribution is 0.121. The summed E-state index contributed by atoms with van der Waals surface area (Å²) in [5, 5.41) is 10.3. The van der Waals surface area contributed by atoms with Crippen molar-refractivity contribution in [3.8, 4) is 11.8 Å². The molecule has 0 aliphatic carbocycles. The molecule has 4 aromatic rings. The Balaban J connectivity index is 1.50. The number of rotatable bonds is 7. The van der Waals surface area contributed by atoms with Gasteiger partial charge in [0.25, 0.3) is 0 Å². The standard InChI is InChI=1S/C24H25F2N7O2/c1-4-5-14-9-20(32-31-14)28-19-11-21(33-7-6-15(12-33)34-3)30-24(29-19)35-18-10-17(25)23-16(22(18)26)8-13(2)27-23/h4-5,8-11,15,27H,6-7,12H2,1-3H3,(H2,28,29,30,31,32)/b5-4+. The summed E-state index contributed by atoms with van der Waals surface area (Å²) in [4.78, 5) is 13.7. The fourth-order valence-electron chi connectivity index (χ4n) is 4.12. The van der Waals surface area contributed by atoms with Crippen LogP contribution in [0.3, 0.4) is 0 Å². The van der Waals surface area contributed by atoms with Crippen molar-refractivity contribution in [2.24, 2.45) is 0 Å². The number of nitrogens with one attached hydrogen (secondary N) is 3. The molecular weight excluding hydrogens is 456 g/mol. The molecule has 1 saturated heterocycles. The first kappa shape index (κ1) is 22.8. The lowest BCUT2D eigenvalue weighted by Crippen LogP contribution is -2.23. The van der Waals surface area contributed by atoms with Crippen molar-refractivity contribution in [3.05, 3.63) is 53.4 Å². The number of halogens is 2. The first-order valence-electron chi connectivity index (χ1n) is 11.2. The van der Waals surface area contributed by atoms with Crippen LogP contribution in [0.1, 0.15) is 24.7 Å². The van der Waals surface area contributed by atoms with E-state index in [0.29, 0.717) is 29.7 Å². The second kappa shape index (κ2) is 9.34. The molecule has 0 saturated carbocycles. The van der Waals surface area contributed by atoms with Gasteiger partial charge in [0.05, 0.1) is 17.3 Å². The average molecular weight is 482 g/mol. The number of aromatic nitrogens is 5. The van der Waals surface area contributed by atoms with E-state index < -0.39 is 11.6 Å². The van der Waals surface area contributed by atoms with E-state index in [4.69, 9.17) is 9.47 Å². The van der Waals surface area contributed by atoms with Gasteiger partial charge < -0.3 is 24.7 Å². The van der Waals surface area contributed by atoms with Crippen molar-refractivity contribution in [1.29, 1.82) is 0 Å². The van der Waals surface area contributed by atoms with Crippen molar-refractivity contribution in [3.63, 3.8) is 0 Å². The number of aryl methyl sites for hydroxylation is 1. The SMILES string of the molecule is C/C=C/c1cc(Nc2cc(N3CCC(OC)C3)nc(Oc3cc(F)c4[nH]c(C)cc4c3F)n2)n[nH]1. The molecule has 4 heterocycles. The van der Waals surface area contributed by atoms with E-state index >= 15 is 4.39 Å². The molecule has 35 heavy (non-hydrogen) atoms. The summed E-state index contributed by atoms with van der Waals surface area (Å²) in [6, 6.07) is 5.96. The van der Waals surface area contributed by atoms with Gasteiger partial charge in [-0.15, -0.1) is 0 Å². The van der Waals surface area contributed by atoms with Gasteiger partial charge in [-0.2, -0.15) is 15.1 Å². The number of anilines is 3. The smallest absolute Gasteiger partial charge is 0.326 e. The van der Waals surface area contributed by atoms with Gasteiger partial charge in [0, 0.05) is 49.5 Å². The van der Waals surface area contributed by atoms with Gasteiger partial charge in [0.1, 0.15) is 11.6 Å². The molecule has 1 atom stereocenters. The molecule has 0 spiro atoms. The summed E-state index contributed by atoms with van der Waals surface area (Å²) < 4.78 is 40.9. The summed E-state index contributed by atoms with van der Waals surface area (Å²) in [6.45, 7) is 4.99. The Hall–Kier alpha value is -3.99. The highest BCUT2D eigenvalue weighted by Gasteiger charge is 2.25. The molecule has 11 heteroatoms. The Morgan fingerprint density at radius 3 is 2.80 bits per heavy atom. The summed E-state index contributed by atoms with van der Waals surface area (Å²) in [6.07, 6.45) is 4.69. The number of H-pyrrole nitrogens is 2. The highest BCUT2D eigenvalue weighted by atomic mass is 19.1. The molecule has 1 aliphatic heterocycles. The molecular formula is C24H25F2N7O2. The maximum absolute atomic E-state index is 15.1. The van der Waals surface area contributed by atoms with Gasteiger partial charge in [-0.3, -0.25) is 5.10 Å². The lowest BCUT2D eigenvalue weighted by atomic mass is 10.2. The van der Waals surface area contributed by atoms with Crippen LogP contribution in [0.4, 0.5) is 26.2 Å². The van der Waals surface area contributed by atoms with Crippen LogP contribution in [0.15, 0.2) is 30.3 Å². The van der Waals surface area contributed by atoms with Crippen molar-refractivity contribution < 1.29 is 18.3 Å². The number of ether oxygens (including phenoxy) is 2. The molecule has 0 radical (unpaired) electrons. The summed E-state index contributed by atoms with van der Waals surface area (Å²) in [7, 11) is 1.67. The van der Waals surface area contributed by atoms with Gasteiger partial charge in [-0.05, 0) is 32.4 Å².